The summed E-state index contributed by atoms with van der Waals surface area (Å²) >= 11 is 0. The number of para-hydroxylation sites is 3. The van der Waals surface area contributed by atoms with E-state index in [-0.39, 0.29) is 11.1 Å². The van der Waals surface area contributed by atoms with Gasteiger partial charge in [-0.2, -0.15) is 10.2 Å². The predicted molar refractivity (Wildman–Crippen MR) is 155 cm³/mol. The number of rotatable bonds is 7. The number of hydrogen-bond donors (Lipinski definition) is 1. The molecule has 8 heteroatoms. The Morgan fingerprint density at radius 1 is 0.850 bits per heavy atom. The van der Waals surface area contributed by atoms with Crippen molar-refractivity contribution >= 4 is 34.5 Å². The minimum atomic E-state index is -1.02. The van der Waals surface area contributed by atoms with Crippen molar-refractivity contribution in [2.45, 2.75) is 0 Å². The van der Waals surface area contributed by atoms with Crippen molar-refractivity contribution in [3.05, 3.63) is 143 Å². The number of carboxylic acid groups (broad SMARTS) is 1. The van der Waals surface area contributed by atoms with Crippen LogP contribution in [0.5, 0.6) is 0 Å². The highest BCUT2D eigenvalue weighted by Gasteiger charge is 2.18. The molecule has 0 unspecified atom stereocenters. The van der Waals surface area contributed by atoms with Crippen molar-refractivity contribution < 1.29 is 14.3 Å². The number of anilines is 2. The molecule has 2 aromatic heterocycles. The molecule has 40 heavy (non-hydrogen) atoms. The average molecular weight is 527 g/mol. The molecule has 2 heterocycles. The van der Waals surface area contributed by atoms with Crippen molar-refractivity contribution in [1.82, 2.24) is 9.78 Å². The van der Waals surface area contributed by atoms with Crippen LogP contribution in [0.15, 0.2) is 136 Å². The van der Waals surface area contributed by atoms with Crippen LogP contribution in [0.2, 0.25) is 0 Å². The van der Waals surface area contributed by atoms with Crippen LogP contribution in [0.1, 0.15) is 15.9 Å². The summed E-state index contributed by atoms with van der Waals surface area (Å²) in [5.74, 6) is -1.02. The highest BCUT2D eigenvalue weighted by molar-refractivity contribution is 5.92. The van der Waals surface area contributed by atoms with E-state index in [1.54, 1.807) is 52.4 Å². The number of benzene rings is 4. The number of hydrazone groups is 1. The van der Waals surface area contributed by atoms with E-state index in [1.165, 1.54) is 12.1 Å². The lowest BCUT2D eigenvalue weighted by molar-refractivity contribution is 0.0697. The van der Waals surface area contributed by atoms with Crippen LogP contribution < -0.4 is 10.6 Å². The van der Waals surface area contributed by atoms with Gasteiger partial charge in [-0.25, -0.2) is 19.3 Å². The molecule has 0 saturated carbocycles. The molecule has 1 N–H and O–H groups in total. The zero-order valence-corrected chi connectivity index (χ0v) is 21.1. The van der Waals surface area contributed by atoms with Crippen LogP contribution in [0.4, 0.5) is 11.4 Å². The molecule has 0 bridgehead atoms. The Labute approximate surface area is 228 Å². The smallest absolute Gasteiger partial charge is 0.345 e. The Kier molecular flexibility index (Phi) is 6.48. The van der Waals surface area contributed by atoms with Gasteiger partial charge in [0.2, 0.25) is 0 Å². The largest absolute Gasteiger partial charge is 0.478 e. The Bertz CT molecular complexity index is 1850. The molecule has 6 rings (SSSR count). The first-order chi connectivity index (χ1) is 19.6. The third kappa shape index (κ3) is 4.89. The average Bonchev–Trinajstić information content (AvgIpc) is 3.42. The fourth-order valence-electron chi connectivity index (χ4n) is 4.35. The molecule has 4 aromatic carbocycles. The maximum atomic E-state index is 13.1. The first-order valence-corrected chi connectivity index (χ1v) is 12.5. The van der Waals surface area contributed by atoms with E-state index in [4.69, 9.17) is 14.6 Å². The van der Waals surface area contributed by atoms with Crippen LogP contribution in [-0.2, 0) is 0 Å². The quantitative estimate of drug-likeness (QED) is 0.144. The molecular weight excluding hydrogens is 504 g/mol. The zero-order valence-electron chi connectivity index (χ0n) is 21.1. The Morgan fingerprint density at radius 2 is 1.48 bits per heavy atom. The highest BCUT2D eigenvalue weighted by Crippen LogP contribution is 2.27. The van der Waals surface area contributed by atoms with Gasteiger partial charge in [0.25, 0.3) is 0 Å². The molecular formula is C32H22N4O4. The minimum Gasteiger partial charge on any atom is -0.478 e. The molecule has 0 saturated heterocycles. The summed E-state index contributed by atoms with van der Waals surface area (Å²) < 4.78 is 7.19. The van der Waals surface area contributed by atoms with E-state index >= 15 is 0 Å². The first-order valence-electron chi connectivity index (χ1n) is 12.5. The van der Waals surface area contributed by atoms with Gasteiger partial charge in [-0.15, -0.1) is 0 Å². The molecule has 0 fully saturated rings. The monoisotopic (exact) mass is 526 g/mol. The number of aromatic nitrogens is 2. The first kappa shape index (κ1) is 24.6. The van der Waals surface area contributed by atoms with Gasteiger partial charge in [-0.1, -0.05) is 54.6 Å². The van der Waals surface area contributed by atoms with Crippen LogP contribution in [0.25, 0.3) is 27.9 Å². The van der Waals surface area contributed by atoms with E-state index < -0.39 is 11.6 Å². The molecule has 0 atom stereocenters. The standard InChI is InChI=1S/C32H22N4O4/c37-31(38)22-15-17-25(18-16-22)35-21-24(30(34-35)28-19-23-9-7-8-14-29(23)40-32(28)39)20-33-36(26-10-3-1-4-11-26)27-12-5-2-6-13-27/h1-21H,(H,37,38)/b33-20+. The van der Waals surface area contributed by atoms with Crippen molar-refractivity contribution in [1.29, 1.82) is 0 Å². The van der Waals surface area contributed by atoms with Gasteiger partial charge in [0.15, 0.2) is 0 Å². The molecule has 0 aliphatic rings. The summed E-state index contributed by atoms with van der Waals surface area (Å²) in [7, 11) is 0. The molecule has 0 aliphatic heterocycles. The number of aromatic carboxylic acids is 1. The maximum Gasteiger partial charge on any atom is 0.345 e. The second-order valence-electron chi connectivity index (χ2n) is 8.94. The van der Waals surface area contributed by atoms with Gasteiger partial charge in [-0.05, 0) is 60.7 Å². The molecule has 0 aliphatic carbocycles. The van der Waals surface area contributed by atoms with Gasteiger partial charge < -0.3 is 9.52 Å². The van der Waals surface area contributed by atoms with Crippen molar-refractivity contribution in [3.8, 4) is 16.9 Å². The number of fused-ring (bicyclic) bond motifs is 1. The summed E-state index contributed by atoms with van der Waals surface area (Å²) in [4.78, 5) is 24.4. The summed E-state index contributed by atoms with van der Waals surface area (Å²) in [6, 6.07) is 34.8. The zero-order chi connectivity index (χ0) is 27.5. The number of nitrogens with zero attached hydrogens (tertiary/aromatic N) is 4. The summed E-state index contributed by atoms with van der Waals surface area (Å²) in [5, 5.41) is 21.4. The van der Waals surface area contributed by atoms with Gasteiger partial charge in [-0.3, -0.25) is 0 Å². The van der Waals surface area contributed by atoms with Gasteiger partial charge in [0.05, 0.1) is 34.4 Å². The lowest BCUT2D eigenvalue weighted by Gasteiger charge is -2.19. The van der Waals surface area contributed by atoms with E-state index in [1.807, 2.05) is 72.8 Å². The molecule has 0 amide bonds. The van der Waals surface area contributed by atoms with Gasteiger partial charge in [0, 0.05) is 17.1 Å². The molecule has 0 radical (unpaired) electrons. The minimum absolute atomic E-state index is 0.162. The van der Waals surface area contributed by atoms with E-state index in [2.05, 4.69) is 0 Å². The summed E-state index contributed by atoms with van der Waals surface area (Å²) in [6.45, 7) is 0. The van der Waals surface area contributed by atoms with Gasteiger partial charge >= 0.3 is 11.6 Å². The highest BCUT2D eigenvalue weighted by atomic mass is 16.4. The van der Waals surface area contributed by atoms with Crippen LogP contribution in [-0.4, -0.2) is 27.1 Å². The van der Waals surface area contributed by atoms with E-state index in [0.29, 0.717) is 22.5 Å². The molecule has 0 spiro atoms. The van der Waals surface area contributed by atoms with Crippen LogP contribution in [0, 0.1) is 0 Å². The van der Waals surface area contributed by atoms with Crippen LogP contribution in [0.3, 0.4) is 0 Å². The van der Waals surface area contributed by atoms with Crippen molar-refractivity contribution in [2.75, 3.05) is 5.01 Å². The third-order valence-electron chi connectivity index (χ3n) is 6.33. The van der Waals surface area contributed by atoms with Crippen molar-refractivity contribution in [2.24, 2.45) is 5.10 Å². The topological polar surface area (TPSA) is 101 Å². The Hall–Kier alpha value is -5.76. The Morgan fingerprint density at radius 3 is 2.12 bits per heavy atom. The normalized spacial score (nSPS) is 11.2. The second kappa shape index (κ2) is 10.5. The second-order valence-corrected chi connectivity index (χ2v) is 8.94. The maximum absolute atomic E-state index is 13.1. The number of carboxylic acids is 1. The predicted octanol–water partition coefficient (Wildman–Crippen LogP) is 6.52. The summed E-state index contributed by atoms with van der Waals surface area (Å²) in [5.41, 5.74) is 3.69. The van der Waals surface area contributed by atoms with E-state index in [0.717, 1.165) is 16.8 Å². The molecule has 6 aromatic rings. The van der Waals surface area contributed by atoms with Crippen LogP contribution >= 0.6 is 0 Å². The van der Waals surface area contributed by atoms with Gasteiger partial charge in [0.1, 0.15) is 11.3 Å². The lowest BCUT2D eigenvalue weighted by atomic mass is 10.1. The number of hydrogen-bond acceptors (Lipinski definition) is 6. The fraction of sp³-hybridized carbons (Fsp3) is 0. The third-order valence-corrected chi connectivity index (χ3v) is 6.33. The van der Waals surface area contributed by atoms with Crippen molar-refractivity contribution in [3.63, 3.8) is 0 Å². The molecule has 8 nitrogen and oxygen atoms in total. The fourth-order valence-corrected chi connectivity index (χ4v) is 4.35. The Balaban J connectivity index is 1.50. The molecule has 194 valence electrons. The lowest BCUT2D eigenvalue weighted by Crippen LogP contribution is -2.09. The van der Waals surface area contributed by atoms with E-state index in [9.17, 15) is 14.7 Å². The summed E-state index contributed by atoms with van der Waals surface area (Å²) in [6.07, 6.45) is 3.40. The number of carbonyl (C=O) groups is 1. The SMILES string of the molecule is O=C(O)c1ccc(-n2cc(/C=N/N(c3ccccc3)c3ccccc3)c(-c3cc4ccccc4oc3=O)n2)cc1.